The number of nitrogens with zero attached hydrogens (tertiary/aromatic N) is 1. The first-order valence-electron chi connectivity index (χ1n) is 5.81. The van der Waals surface area contributed by atoms with Gasteiger partial charge in [-0.25, -0.2) is 4.98 Å². The Labute approximate surface area is 101 Å². The van der Waals surface area contributed by atoms with E-state index in [-0.39, 0.29) is 0 Å². The number of fused-ring (bicyclic) bond motifs is 1. The van der Waals surface area contributed by atoms with E-state index in [9.17, 15) is 0 Å². The number of halogens is 1. The van der Waals surface area contributed by atoms with Crippen LogP contribution in [-0.4, -0.2) is 17.6 Å². The van der Waals surface area contributed by atoms with Gasteiger partial charge in [-0.15, -0.1) is 0 Å². The monoisotopic (exact) mass is 234 g/mol. The van der Waals surface area contributed by atoms with Gasteiger partial charge in [0.1, 0.15) is 5.15 Å². The van der Waals surface area contributed by atoms with Gasteiger partial charge in [-0.3, -0.25) is 0 Å². The molecule has 2 heterocycles. The first-order chi connectivity index (χ1) is 7.75. The largest absolute Gasteiger partial charge is 0.309 e. The first-order valence-corrected chi connectivity index (χ1v) is 6.19. The van der Waals surface area contributed by atoms with Gasteiger partial charge in [-0.2, -0.15) is 0 Å². The van der Waals surface area contributed by atoms with Crippen LogP contribution in [-0.2, 0) is 0 Å². The van der Waals surface area contributed by atoms with E-state index >= 15 is 0 Å². The summed E-state index contributed by atoms with van der Waals surface area (Å²) in [6.07, 6.45) is 6.75. The van der Waals surface area contributed by atoms with E-state index in [1.54, 1.807) is 0 Å². The van der Waals surface area contributed by atoms with Gasteiger partial charge in [-0.05, 0) is 48.4 Å². The Morgan fingerprint density at radius 1 is 1.50 bits per heavy atom. The fourth-order valence-electron chi connectivity index (χ4n) is 2.63. The molecule has 1 N–H and O–H groups in total. The first kappa shape index (κ1) is 10.3. The predicted molar refractivity (Wildman–Crippen MR) is 66.5 cm³/mol. The maximum absolute atomic E-state index is 5.95. The molecule has 3 heteroatoms. The molecular formula is C13H15ClN2. The molecule has 2 nitrogen and oxygen atoms in total. The van der Waals surface area contributed by atoms with Crippen molar-refractivity contribution in [2.75, 3.05) is 6.54 Å². The Kier molecular flexibility index (Phi) is 2.49. The second kappa shape index (κ2) is 3.86. The van der Waals surface area contributed by atoms with E-state index < -0.39 is 0 Å². The van der Waals surface area contributed by atoms with E-state index in [0.717, 1.165) is 11.5 Å². The molecular weight excluding hydrogens is 220 g/mol. The highest BCUT2D eigenvalue weighted by Gasteiger charge is 2.35. The zero-order chi connectivity index (χ0) is 11.1. The Bertz CT molecular complexity index is 453. The van der Waals surface area contributed by atoms with E-state index in [1.807, 2.05) is 13.1 Å². The van der Waals surface area contributed by atoms with Crippen LogP contribution >= 0.6 is 11.6 Å². The van der Waals surface area contributed by atoms with Crippen LogP contribution in [0.5, 0.6) is 0 Å². The molecule has 1 aliphatic carbocycles. The van der Waals surface area contributed by atoms with Crippen molar-refractivity contribution in [1.29, 1.82) is 0 Å². The number of allylic oxidation sites excluding steroid dienone is 1. The summed E-state index contributed by atoms with van der Waals surface area (Å²) in [6.45, 7) is 3.18. The van der Waals surface area contributed by atoms with Gasteiger partial charge >= 0.3 is 0 Å². The van der Waals surface area contributed by atoms with Crippen molar-refractivity contribution in [3.63, 3.8) is 0 Å². The Hall–Kier alpha value is -0.860. The smallest absolute Gasteiger partial charge is 0.131 e. The minimum Gasteiger partial charge on any atom is -0.309 e. The Balaban J connectivity index is 1.96. The maximum Gasteiger partial charge on any atom is 0.131 e. The van der Waals surface area contributed by atoms with Gasteiger partial charge in [-0.1, -0.05) is 17.7 Å². The third-order valence-electron chi connectivity index (χ3n) is 3.66. The van der Waals surface area contributed by atoms with Crippen molar-refractivity contribution in [3.8, 4) is 0 Å². The molecule has 1 aromatic heterocycles. The van der Waals surface area contributed by atoms with Gasteiger partial charge in [0, 0.05) is 18.8 Å². The quantitative estimate of drug-likeness (QED) is 0.756. The average Bonchev–Trinajstić information content (AvgIpc) is 2.24. The van der Waals surface area contributed by atoms with Gasteiger partial charge < -0.3 is 5.32 Å². The molecule has 0 bridgehead atoms. The summed E-state index contributed by atoms with van der Waals surface area (Å²) in [4.78, 5) is 4.23. The lowest BCUT2D eigenvalue weighted by Crippen LogP contribution is -2.54. The van der Waals surface area contributed by atoms with Crippen LogP contribution in [0.25, 0.3) is 5.57 Å². The summed E-state index contributed by atoms with van der Waals surface area (Å²) in [5.41, 5.74) is 3.69. The molecule has 0 aromatic carbocycles. The summed E-state index contributed by atoms with van der Waals surface area (Å²) >= 11 is 5.95. The summed E-state index contributed by atoms with van der Waals surface area (Å²) in [7, 11) is 0. The third kappa shape index (κ3) is 1.57. The van der Waals surface area contributed by atoms with Crippen LogP contribution in [0.3, 0.4) is 0 Å². The van der Waals surface area contributed by atoms with E-state index in [4.69, 9.17) is 11.6 Å². The number of hydrogen-bond acceptors (Lipinski definition) is 2. The lowest BCUT2D eigenvalue weighted by atomic mass is 9.76. The van der Waals surface area contributed by atoms with E-state index in [1.165, 1.54) is 30.5 Å². The molecule has 1 saturated heterocycles. The summed E-state index contributed by atoms with van der Waals surface area (Å²) in [5.74, 6) is 0.830. The van der Waals surface area contributed by atoms with Gasteiger partial charge in [0.05, 0.1) is 0 Å². The third-order valence-corrected chi connectivity index (χ3v) is 4.05. The second-order valence-corrected chi connectivity index (χ2v) is 5.07. The standard InChI is InChI=1S/C13H15ClN2/c1-8-5-10(7-16-13(8)14)11-4-2-3-9-6-15-12(9)11/h4-5,7,9,12,15H,2-3,6H2,1H3. The summed E-state index contributed by atoms with van der Waals surface area (Å²) < 4.78 is 0. The minimum absolute atomic E-state index is 0.552. The van der Waals surface area contributed by atoms with Gasteiger partial charge in [0.25, 0.3) is 0 Å². The van der Waals surface area contributed by atoms with Crippen LogP contribution in [0.4, 0.5) is 0 Å². The topological polar surface area (TPSA) is 24.9 Å². The number of pyridine rings is 1. The van der Waals surface area contributed by atoms with Crippen molar-refractivity contribution in [3.05, 3.63) is 34.6 Å². The SMILES string of the molecule is Cc1cc(C2=CCCC3CNC23)cnc1Cl. The molecule has 0 amide bonds. The highest BCUT2D eigenvalue weighted by atomic mass is 35.5. The van der Waals surface area contributed by atoms with Crippen LogP contribution in [0.15, 0.2) is 18.3 Å². The molecule has 2 unspecified atom stereocenters. The molecule has 1 aliphatic heterocycles. The number of nitrogens with one attached hydrogen (secondary N) is 1. The molecule has 84 valence electrons. The molecule has 2 atom stereocenters. The average molecular weight is 235 g/mol. The van der Waals surface area contributed by atoms with E-state index in [0.29, 0.717) is 11.2 Å². The van der Waals surface area contributed by atoms with Gasteiger partial charge in [0.2, 0.25) is 0 Å². The van der Waals surface area contributed by atoms with Crippen molar-refractivity contribution in [1.82, 2.24) is 10.3 Å². The zero-order valence-corrected chi connectivity index (χ0v) is 10.1. The summed E-state index contributed by atoms with van der Waals surface area (Å²) in [6, 6.07) is 2.69. The highest BCUT2D eigenvalue weighted by Crippen LogP contribution is 2.36. The number of aromatic nitrogens is 1. The molecule has 0 saturated carbocycles. The predicted octanol–water partition coefficient (Wildman–Crippen LogP) is 2.81. The molecule has 2 aliphatic rings. The summed E-state index contributed by atoms with van der Waals surface area (Å²) in [5, 5.41) is 4.11. The maximum atomic E-state index is 5.95. The van der Waals surface area contributed by atoms with Crippen LogP contribution in [0.1, 0.15) is 24.0 Å². The fraction of sp³-hybridized carbons (Fsp3) is 0.462. The van der Waals surface area contributed by atoms with Crippen LogP contribution in [0.2, 0.25) is 5.15 Å². The molecule has 1 aromatic rings. The van der Waals surface area contributed by atoms with Gasteiger partial charge in [0.15, 0.2) is 0 Å². The fourth-order valence-corrected chi connectivity index (χ4v) is 2.73. The molecule has 1 fully saturated rings. The second-order valence-electron chi connectivity index (χ2n) is 4.71. The number of hydrogen-bond donors (Lipinski definition) is 1. The van der Waals surface area contributed by atoms with Crippen LogP contribution in [0, 0.1) is 12.8 Å². The Morgan fingerprint density at radius 2 is 2.38 bits per heavy atom. The van der Waals surface area contributed by atoms with Crippen molar-refractivity contribution in [2.45, 2.75) is 25.8 Å². The zero-order valence-electron chi connectivity index (χ0n) is 9.33. The lowest BCUT2D eigenvalue weighted by Gasteiger charge is -2.42. The minimum atomic E-state index is 0.552. The van der Waals surface area contributed by atoms with Crippen LogP contribution < -0.4 is 5.32 Å². The molecule has 0 spiro atoms. The number of rotatable bonds is 1. The Morgan fingerprint density at radius 3 is 3.06 bits per heavy atom. The van der Waals surface area contributed by atoms with Crippen molar-refractivity contribution in [2.24, 2.45) is 5.92 Å². The van der Waals surface area contributed by atoms with Crippen molar-refractivity contribution < 1.29 is 0 Å². The molecule has 0 radical (unpaired) electrons. The molecule has 16 heavy (non-hydrogen) atoms. The lowest BCUT2D eigenvalue weighted by molar-refractivity contribution is 0.262. The number of aryl methyl sites for hydroxylation is 1. The highest BCUT2D eigenvalue weighted by molar-refractivity contribution is 6.30. The van der Waals surface area contributed by atoms with Crippen molar-refractivity contribution >= 4 is 17.2 Å². The normalized spacial score (nSPS) is 28.0. The molecule has 3 rings (SSSR count). The van der Waals surface area contributed by atoms with E-state index in [2.05, 4.69) is 22.4 Å².